The summed E-state index contributed by atoms with van der Waals surface area (Å²) in [6, 6.07) is 11.7. The van der Waals surface area contributed by atoms with Gasteiger partial charge in [0.2, 0.25) is 5.89 Å². The third-order valence-electron chi connectivity index (χ3n) is 5.05. The molecule has 1 saturated heterocycles. The van der Waals surface area contributed by atoms with E-state index in [1.807, 2.05) is 13.0 Å². The number of halogens is 1. The van der Waals surface area contributed by atoms with Gasteiger partial charge in [0.05, 0.1) is 6.20 Å². The van der Waals surface area contributed by atoms with Gasteiger partial charge in [0.1, 0.15) is 22.8 Å². The smallest absolute Gasteiger partial charge is 0.273 e. The van der Waals surface area contributed by atoms with Crippen molar-refractivity contribution in [3.05, 3.63) is 83.6 Å². The number of nitrogens with zero attached hydrogens (tertiary/aromatic N) is 3. The van der Waals surface area contributed by atoms with Crippen LogP contribution < -0.4 is 0 Å². The minimum absolute atomic E-state index is 0.125. The van der Waals surface area contributed by atoms with Gasteiger partial charge in [-0.25, -0.2) is 9.37 Å². The molecule has 1 aliphatic heterocycles. The van der Waals surface area contributed by atoms with Crippen LogP contribution >= 0.6 is 0 Å². The highest BCUT2D eigenvalue weighted by Gasteiger charge is 2.45. The van der Waals surface area contributed by atoms with Crippen LogP contribution in [0.1, 0.15) is 47.5 Å². The van der Waals surface area contributed by atoms with Gasteiger partial charge in [-0.2, -0.15) is 0 Å². The first-order valence-electron chi connectivity index (χ1n) is 8.99. The molecule has 1 fully saturated rings. The third kappa shape index (κ3) is 3.35. The predicted octanol–water partition coefficient (Wildman–Crippen LogP) is 3.95. The number of benzene rings is 1. The molecule has 0 N–H and O–H groups in total. The standard InChI is InChI=1S/C21H20FN3O2/c1-21(9-5-11-25(21)19(26)18-8-2-3-10-23-18)20-24-14-17(27-20)13-15-6-4-7-16(22)12-15/h2-4,6-8,10,12,14H,5,9,11,13H2,1H3/t21-/m1/s1. The Kier molecular flexibility index (Phi) is 4.48. The highest BCUT2D eigenvalue weighted by molar-refractivity contribution is 5.93. The Bertz CT molecular complexity index is 957. The molecule has 0 saturated carbocycles. The van der Waals surface area contributed by atoms with Crippen LogP contribution in [0.15, 0.2) is 59.3 Å². The molecule has 0 spiro atoms. The lowest BCUT2D eigenvalue weighted by Gasteiger charge is -2.32. The van der Waals surface area contributed by atoms with Crippen LogP contribution in [0.5, 0.6) is 0 Å². The lowest BCUT2D eigenvalue weighted by Crippen LogP contribution is -2.43. The molecule has 1 aromatic carbocycles. The highest BCUT2D eigenvalue weighted by Crippen LogP contribution is 2.39. The Morgan fingerprint density at radius 2 is 2.15 bits per heavy atom. The van der Waals surface area contributed by atoms with E-state index in [9.17, 15) is 9.18 Å². The Labute approximate surface area is 156 Å². The third-order valence-corrected chi connectivity index (χ3v) is 5.05. The fourth-order valence-corrected chi connectivity index (χ4v) is 3.63. The Balaban J connectivity index is 1.58. The van der Waals surface area contributed by atoms with Crippen molar-refractivity contribution in [3.63, 3.8) is 0 Å². The summed E-state index contributed by atoms with van der Waals surface area (Å²) in [6.07, 6.45) is 5.37. The average Bonchev–Trinajstić information content (AvgIpc) is 3.30. The summed E-state index contributed by atoms with van der Waals surface area (Å²) < 4.78 is 19.4. The van der Waals surface area contributed by atoms with Crippen LogP contribution in [0.4, 0.5) is 4.39 Å². The van der Waals surface area contributed by atoms with Crippen molar-refractivity contribution in [2.24, 2.45) is 0 Å². The quantitative estimate of drug-likeness (QED) is 0.702. The van der Waals surface area contributed by atoms with Crippen LogP contribution in [-0.4, -0.2) is 27.3 Å². The minimum atomic E-state index is -0.616. The van der Waals surface area contributed by atoms with Gasteiger partial charge in [-0.15, -0.1) is 0 Å². The number of pyridine rings is 1. The Morgan fingerprint density at radius 1 is 1.26 bits per heavy atom. The number of carbonyl (C=O) groups is 1. The molecule has 138 valence electrons. The molecule has 0 aliphatic carbocycles. The van der Waals surface area contributed by atoms with Gasteiger partial charge in [-0.1, -0.05) is 18.2 Å². The molecule has 3 heterocycles. The van der Waals surface area contributed by atoms with E-state index in [0.29, 0.717) is 30.3 Å². The van der Waals surface area contributed by atoms with Crippen LogP contribution in [0.3, 0.4) is 0 Å². The van der Waals surface area contributed by atoms with Gasteiger partial charge >= 0.3 is 0 Å². The van der Waals surface area contributed by atoms with Crippen LogP contribution in [-0.2, 0) is 12.0 Å². The molecule has 1 aliphatic rings. The van der Waals surface area contributed by atoms with E-state index in [2.05, 4.69) is 9.97 Å². The summed E-state index contributed by atoms with van der Waals surface area (Å²) in [4.78, 5) is 23.3. The maximum atomic E-state index is 13.4. The number of carbonyl (C=O) groups excluding carboxylic acids is 1. The Morgan fingerprint density at radius 3 is 2.93 bits per heavy atom. The van der Waals surface area contributed by atoms with Crippen molar-refractivity contribution in [2.45, 2.75) is 31.7 Å². The van der Waals surface area contributed by atoms with Crippen LogP contribution in [0.2, 0.25) is 0 Å². The molecule has 6 heteroatoms. The predicted molar refractivity (Wildman–Crippen MR) is 97.6 cm³/mol. The normalized spacial score (nSPS) is 19.4. The molecule has 5 nitrogen and oxygen atoms in total. The maximum absolute atomic E-state index is 13.4. The van der Waals surface area contributed by atoms with E-state index >= 15 is 0 Å². The van der Waals surface area contributed by atoms with Crippen molar-refractivity contribution in [1.82, 2.24) is 14.9 Å². The number of oxazole rings is 1. The molecular weight excluding hydrogens is 345 g/mol. The molecule has 0 bridgehead atoms. The number of aromatic nitrogens is 2. The second-order valence-electron chi connectivity index (χ2n) is 6.99. The number of likely N-dealkylation sites (tertiary alicyclic amines) is 1. The first-order chi connectivity index (χ1) is 13.1. The van der Waals surface area contributed by atoms with Gasteiger partial charge in [0.25, 0.3) is 5.91 Å². The molecule has 0 unspecified atom stereocenters. The van der Waals surface area contributed by atoms with Crippen molar-refractivity contribution in [1.29, 1.82) is 0 Å². The fourth-order valence-electron chi connectivity index (χ4n) is 3.63. The zero-order chi connectivity index (χ0) is 18.9. The average molecular weight is 365 g/mol. The van der Waals surface area contributed by atoms with Gasteiger partial charge in [-0.3, -0.25) is 9.78 Å². The molecule has 0 radical (unpaired) electrons. The summed E-state index contributed by atoms with van der Waals surface area (Å²) in [5.41, 5.74) is 0.613. The molecule has 1 atom stereocenters. The lowest BCUT2D eigenvalue weighted by atomic mass is 9.98. The van der Waals surface area contributed by atoms with Gasteiger partial charge in [0, 0.05) is 19.2 Å². The van der Waals surface area contributed by atoms with Gasteiger partial charge in [0.15, 0.2) is 0 Å². The number of rotatable bonds is 4. The molecule has 1 amide bonds. The van der Waals surface area contributed by atoms with Crippen LogP contribution in [0, 0.1) is 5.82 Å². The van der Waals surface area contributed by atoms with E-state index < -0.39 is 5.54 Å². The second-order valence-corrected chi connectivity index (χ2v) is 6.99. The summed E-state index contributed by atoms with van der Waals surface area (Å²) in [5.74, 6) is 0.757. The van der Waals surface area contributed by atoms with Crippen molar-refractivity contribution < 1.29 is 13.6 Å². The monoisotopic (exact) mass is 365 g/mol. The second kappa shape index (κ2) is 6.95. The van der Waals surface area contributed by atoms with Crippen molar-refractivity contribution >= 4 is 5.91 Å². The SMILES string of the molecule is C[C@]1(c2ncc(Cc3cccc(F)c3)o2)CCCN1C(=O)c1ccccn1. The molecule has 3 aromatic rings. The largest absolute Gasteiger partial charge is 0.443 e. The highest BCUT2D eigenvalue weighted by atomic mass is 19.1. The molecular formula is C21H20FN3O2. The lowest BCUT2D eigenvalue weighted by molar-refractivity contribution is 0.0557. The number of hydrogen-bond acceptors (Lipinski definition) is 4. The first-order valence-corrected chi connectivity index (χ1v) is 8.99. The van der Waals surface area contributed by atoms with E-state index in [0.717, 1.165) is 18.4 Å². The summed E-state index contributed by atoms with van der Waals surface area (Å²) in [7, 11) is 0. The molecule has 27 heavy (non-hydrogen) atoms. The summed E-state index contributed by atoms with van der Waals surface area (Å²) in [5, 5.41) is 0. The van der Waals surface area contributed by atoms with Crippen LogP contribution in [0.25, 0.3) is 0 Å². The van der Waals surface area contributed by atoms with E-state index in [1.54, 1.807) is 41.6 Å². The molecule has 4 rings (SSSR count). The maximum Gasteiger partial charge on any atom is 0.273 e. The summed E-state index contributed by atoms with van der Waals surface area (Å²) in [6.45, 7) is 2.60. The number of hydrogen-bond donors (Lipinski definition) is 0. The zero-order valence-electron chi connectivity index (χ0n) is 15.1. The zero-order valence-corrected chi connectivity index (χ0v) is 15.1. The van der Waals surface area contributed by atoms with E-state index in [1.165, 1.54) is 12.1 Å². The van der Waals surface area contributed by atoms with Crippen molar-refractivity contribution in [3.8, 4) is 0 Å². The van der Waals surface area contributed by atoms with E-state index in [4.69, 9.17) is 4.42 Å². The Hall–Kier alpha value is -3.02. The number of amides is 1. The fraction of sp³-hybridized carbons (Fsp3) is 0.286. The van der Waals surface area contributed by atoms with Crippen molar-refractivity contribution in [2.75, 3.05) is 6.54 Å². The van der Waals surface area contributed by atoms with Gasteiger partial charge in [-0.05, 0) is 49.6 Å². The first kappa shape index (κ1) is 17.4. The topological polar surface area (TPSA) is 59.2 Å². The van der Waals surface area contributed by atoms with E-state index in [-0.39, 0.29) is 11.7 Å². The van der Waals surface area contributed by atoms with Gasteiger partial charge < -0.3 is 9.32 Å². The minimum Gasteiger partial charge on any atom is -0.443 e. The molecule has 2 aromatic heterocycles. The summed E-state index contributed by atoms with van der Waals surface area (Å²) >= 11 is 0.